The second kappa shape index (κ2) is 7.32. The average molecular weight is 325 g/mol. The zero-order chi connectivity index (χ0) is 17.0. The predicted octanol–water partition coefficient (Wildman–Crippen LogP) is 4.06. The van der Waals surface area contributed by atoms with Crippen molar-refractivity contribution in [1.29, 1.82) is 5.26 Å². The van der Waals surface area contributed by atoms with E-state index in [2.05, 4.69) is 41.2 Å². The average Bonchev–Trinajstić information content (AvgIpc) is 2.91. The van der Waals surface area contributed by atoms with Gasteiger partial charge in [-0.3, -0.25) is 0 Å². The summed E-state index contributed by atoms with van der Waals surface area (Å²) in [6.45, 7) is 14.6. The van der Waals surface area contributed by atoms with E-state index in [1.165, 1.54) is 11.8 Å². The van der Waals surface area contributed by atoms with Crippen molar-refractivity contribution >= 4 is 17.4 Å². The van der Waals surface area contributed by atoms with E-state index in [1.807, 2.05) is 0 Å². The molecule has 1 aromatic carbocycles. The van der Waals surface area contributed by atoms with Gasteiger partial charge in [-0.1, -0.05) is 25.6 Å². The molecular formula is C17H19N5S. The van der Waals surface area contributed by atoms with Crippen molar-refractivity contribution < 1.29 is 0 Å². The van der Waals surface area contributed by atoms with Crippen molar-refractivity contribution in [1.82, 2.24) is 9.55 Å². The van der Waals surface area contributed by atoms with Crippen LogP contribution in [0.1, 0.15) is 43.8 Å². The van der Waals surface area contributed by atoms with Crippen LogP contribution in [-0.4, -0.2) is 9.55 Å². The standard InChI is InChI=1S/C17H19N5S/c1-5-22-15(10-19)21-16(11(2)3)17(22)23-14-7-12(9-18)6-13(8-14)20-4/h6-8,11H,5,10,19H2,1-3H3. The molecule has 0 spiro atoms. The van der Waals surface area contributed by atoms with Crippen LogP contribution >= 0.6 is 11.8 Å². The summed E-state index contributed by atoms with van der Waals surface area (Å²) >= 11 is 1.54. The SMILES string of the molecule is [C-]#[N+]c1cc(C#N)cc(Sc2c(C(C)C)nc(CN)n2CC)c1. The fraction of sp³-hybridized carbons (Fsp3) is 0.353. The minimum Gasteiger partial charge on any atom is -0.324 e. The van der Waals surface area contributed by atoms with Crippen LogP contribution < -0.4 is 5.73 Å². The smallest absolute Gasteiger partial charge is 0.189 e. The van der Waals surface area contributed by atoms with Crippen LogP contribution in [0.3, 0.4) is 0 Å². The molecule has 0 radical (unpaired) electrons. The van der Waals surface area contributed by atoms with E-state index < -0.39 is 0 Å². The molecule has 0 aliphatic rings. The van der Waals surface area contributed by atoms with Crippen molar-refractivity contribution in [3.8, 4) is 6.07 Å². The van der Waals surface area contributed by atoms with E-state index in [1.54, 1.807) is 18.2 Å². The summed E-state index contributed by atoms with van der Waals surface area (Å²) in [6, 6.07) is 7.32. The molecule has 0 bridgehead atoms. The molecule has 0 atom stereocenters. The van der Waals surface area contributed by atoms with Crippen LogP contribution in [0, 0.1) is 17.9 Å². The van der Waals surface area contributed by atoms with E-state index in [-0.39, 0.29) is 5.92 Å². The number of imidazole rings is 1. The van der Waals surface area contributed by atoms with Gasteiger partial charge in [0, 0.05) is 17.0 Å². The first kappa shape index (κ1) is 17.1. The van der Waals surface area contributed by atoms with Crippen LogP contribution in [-0.2, 0) is 13.1 Å². The Bertz CT molecular complexity index is 760. The van der Waals surface area contributed by atoms with Gasteiger partial charge in [-0.05, 0) is 31.0 Å². The number of nitrogens with two attached hydrogens (primary N) is 1. The molecular weight excluding hydrogens is 306 g/mol. The monoisotopic (exact) mass is 325 g/mol. The Kier molecular flexibility index (Phi) is 5.44. The van der Waals surface area contributed by atoms with Crippen LogP contribution in [0.4, 0.5) is 5.69 Å². The minimum absolute atomic E-state index is 0.273. The van der Waals surface area contributed by atoms with Gasteiger partial charge >= 0.3 is 0 Å². The zero-order valence-corrected chi connectivity index (χ0v) is 14.3. The third-order valence-electron chi connectivity index (χ3n) is 3.44. The van der Waals surface area contributed by atoms with Crippen molar-refractivity contribution in [2.24, 2.45) is 5.73 Å². The number of hydrogen-bond donors (Lipinski definition) is 1. The summed E-state index contributed by atoms with van der Waals surface area (Å²) in [5.74, 6) is 1.13. The first-order chi connectivity index (χ1) is 11.0. The number of nitriles is 1. The second-order valence-electron chi connectivity index (χ2n) is 5.36. The molecule has 1 aromatic heterocycles. The molecule has 0 aliphatic heterocycles. The highest BCUT2D eigenvalue weighted by molar-refractivity contribution is 7.99. The Morgan fingerprint density at radius 3 is 2.70 bits per heavy atom. The topological polar surface area (TPSA) is 72.0 Å². The summed E-state index contributed by atoms with van der Waals surface area (Å²) < 4.78 is 2.11. The molecule has 0 amide bonds. The highest BCUT2D eigenvalue weighted by Gasteiger charge is 2.19. The molecule has 0 fully saturated rings. The van der Waals surface area contributed by atoms with E-state index >= 15 is 0 Å². The van der Waals surface area contributed by atoms with Gasteiger partial charge in [-0.25, -0.2) is 9.83 Å². The number of benzene rings is 1. The van der Waals surface area contributed by atoms with Crippen molar-refractivity contribution in [2.45, 2.75) is 49.7 Å². The number of nitrogens with zero attached hydrogens (tertiary/aromatic N) is 4. The molecule has 5 nitrogen and oxygen atoms in total. The highest BCUT2D eigenvalue weighted by atomic mass is 32.2. The lowest BCUT2D eigenvalue weighted by Gasteiger charge is -2.11. The van der Waals surface area contributed by atoms with Crippen LogP contribution in [0.25, 0.3) is 4.85 Å². The lowest BCUT2D eigenvalue weighted by Crippen LogP contribution is -2.07. The van der Waals surface area contributed by atoms with E-state index in [4.69, 9.17) is 17.6 Å². The predicted molar refractivity (Wildman–Crippen MR) is 91.4 cm³/mol. The van der Waals surface area contributed by atoms with Gasteiger partial charge in [0.15, 0.2) is 5.69 Å². The van der Waals surface area contributed by atoms with Gasteiger partial charge in [-0.2, -0.15) is 5.26 Å². The summed E-state index contributed by atoms with van der Waals surface area (Å²) in [4.78, 5) is 8.99. The van der Waals surface area contributed by atoms with Crippen LogP contribution in [0.15, 0.2) is 28.1 Å². The largest absolute Gasteiger partial charge is 0.324 e. The van der Waals surface area contributed by atoms with Crippen molar-refractivity contribution in [3.63, 3.8) is 0 Å². The second-order valence-corrected chi connectivity index (χ2v) is 6.42. The first-order valence-corrected chi connectivity index (χ1v) is 8.25. The number of aromatic nitrogens is 2. The Balaban J connectivity index is 2.54. The molecule has 23 heavy (non-hydrogen) atoms. The Morgan fingerprint density at radius 1 is 1.43 bits per heavy atom. The van der Waals surface area contributed by atoms with Gasteiger partial charge < -0.3 is 10.3 Å². The summed E-state index contributed by atoms with van der Waals surface area (Å²) in [5, 5.41) is 10.2. The van der Waals surface area contributed by atoms with Gasteiger partial charge in [0.05, 0.1) is 24.9 Å². The molecule has 1 heterocycles. The zero-order valence-electron chi connectivity index (χ0n) is 13.5. The summed E-state index contributed by atoms with van der Waals surface area (Å²) in [6.07, 6.45) is 0. The van der Waals surface area contributed by atoms with Gasteiger partial charge in [-0.15, -0.1) is 0 Å². The highest BCUT2D eigenvalue weighted by Crippen LogP contribution is 2.36. The number of rotatable bonds is 5. The van der Waals surface area contributed by atoms with E-state index in [9.17, 15) is 0 Å². The molecule has 0 aliphatic carbocycles. The summed E-state index contributed by atoms with van der Waals surface area (Å²) in [5.41, 5.74) is 7.79. The quantitative estimate of drug-likeness (QED) is 0.841. The molecule has 0 unspecified atom stereocenters. The Hall–Kier alpha value is -2.28. The van der Waals surface area contributed by atoms with Crippen LogP contribution in [0.5, 0.6) is 0 Å². The van der Waals surface area contributed by atoms with Crippen molar-refractivity contribution in [3.05, 3.63) is 46.7 Å². The van der Waals surface area contributed by atoms with Gasteiger partial charge in [0.25, 0.3) is 0 Å². The normalized spacial score (nSPS) is 10.6. The lowest BCUT2D eigenvalue weighted by atomic mass is 10.1. The Morgan fingerprint density at radius 2 is 2.17 bits per heavy atom. The van der Waals surface area contributed by atoms with Crippen LogP contribution in [0.2, 0.25) is 0 Å². The molecule has 6 heteroatoms. The molecule has 118 valence electrons. The maximum atomic E-state index is 9.14. The molecule has 0 saturated heterocycles. The lowest BCUT2D eigenvalue weighted by molar-refractivity contribution is 0.645. The Labute approximate surface area is 141 Å². The third-order valence-corrected chi connectivity index (χ3v) is 4.53. The van der Waals surface area contributed by atoms with E-state index in [0.29, 0.717) is 17.8 Å². The minimum atomic E-state index is 0.273. The van der Waals surface area contributed by atoms with E-state index in [0.717, 1.165) is 28.0 Å². The third kappa shape index (κ3) is 3.56. The first-order valence-electron chi connectivity index (χ1n) is 7.43. The van der Waals surface area contributed by atoms with Crippen molar-refractivity contribution in [2.75, 3.05) is 0 Å². The molecule has 0 saturated carbocycles. The molecule has 2 rings (SSSR count). The fourth-order valence-corrected chi connectivity index (χ4v) is 3.67. The maximum absolute atomic E-state index is 9.14. The maximum Gasteiger partial charge on any atom is 0.189 e. The number of hydrogen-bond acceptors (Lipinski definition) is 4. The molecule has 2 N–H and O–H groups in total. The van der Waals surface area contributed by atoms with Gasteiger partial charge in [0.1, 0.15) is 10.9 Å². The molecule has 2 aromatic rings. The summed E-state index contributed by atoms with van der Waals surface area (Å²) in [7, 11) is 0. The van der Waals surface area contributed by atoms with Gasteiger partial charge in [0.2, 0.25) is 0 Å². The fourth-order valence-electron chi connectivity index (χ4n) is 2.35.